The molecule has 3 aromatic carbocycles. The summed E-state index contributed by atoms with van der Waals surface area (Å²) in [6.45, 7) is 0.241. The maximum atomic E-state index is 13.5. The lowest BCUT2D eigenvalue weighted by atomic mass is 9.98. The second-order valence-electron chi connectivity index (χ2n) is 9.69. The molecule has 5 rings (SSSR count). The summed E-state index contributed by atoms with van der Waals surface area (Å²) in [4.78, 5) is 25.9. The summed E-state index contributed by atoms with van der Waals surface area (Å²) >= 11 is 1.28. The Bertz CT molecular complexity index is 1550. The lowest BCUT2D eigenvalue weighted by Crippen LogP contribution is -2.28. The van der Waals surface area contributed by atoms with Gasteiger partial charge in [-0.05, 0) is 53.1 Å². The topological polar surface area (TPSA) is 111 Å². The molecule has 1 aromatic heterocycles. The summed E-state index contributed by atoms with van der Waals surface area (Å²) in [7, 11) is 5.07. The summed E-state index contributed by atoms with van der Waals surface area (Å²) in [5, 5.41) is 18.3. The van der Waals surface area contributed by atoms with Gasteiger partial charge >= 0.3 is 0 Å². The number of hydrogen-bond acceptors (Lipinski definition) is 8. The molecule has 0 unspecified atom stereocenters. The van der Waals surface area contributed by atoms with Gasteiger partial charge in [0, 0.05) is 13.5 Å². The van der Waals surface area contributed by atoms with Crippen molar-refractivity contribution in [1.82, 2.24) is 25.1 Å². The molecule has 1 aliphatic rings. The van der Waals surface area contributed by atoms with Crippen molar-refractivity contribution in [2.75, 3.05) is 20.0 Å². The van der Waals surface area contributed by atoms with Crippen LogP contribution in [0, 0.1) is 0 Å². The number of amides is 2. The predicted octanol–water partition coefficient (Wildman–Crippen LogP) is 4.16. The highest BCUT2D eigenvalue weighted by atomic mass is 32.2. The van der Waals surface area contributed by atoms with Crippen molar-refractivity contribution in [3.05, 3.63) is 101 Å². The molecule has 0 aliphatic carbocycles. The van der Waals surface area contributed by atoms with Crippen molar-refractivity contribution in [3.63, 3.8) is 0 Å². The summed E-state index contributed by atoms with van der Waals surface area (Å²) < 4.78 is 12.4. The van der Waals surface area contributed by atoms with E-state index in [1.54, 1.807) is 23.8 Å². The Hall–Kier alpha value is -4.64. The molecular weight excluding hydrogens is 552 g/mol. The van der Waals surface area contributed by atoms with E-state index in [1.807, 2.05) is 85.9 Å². The molecule has 216 valence electrons. The van der Waals surface area contributed by atoms with Crippen LogP contribution in [0.2, 0.25) is 0 Å². The number of ether oxygens (including phenoxy) is 2. The molecule has 10 nitrogen and oxygen atoms in total. The van der Waals surface area contributed by atoms with Crippen molar-refractivity contribution in [3.8, 4) is 11.5 Å². The van der Waals surface area contributed by atoms with Crippen LogP contribution in [-0.4, -0.2) is 57.3 Å². The highest BCUT2D eigenvalue weighted by Gasteiger charge is 2.33. The number of carbonyl (C=O) groups excluding carboxylic acids is 2. The van der Waals surface area contributed by atoms with Crippen molar-refractivity contribution >= 4 is 29.3 Å². The summed E-state index contributed by atoms with van der Waals surface area (Å²) in [6, 6.07) is 24.7. The zero-order chi connectivity index (χ0) is 29.5. The van der Waals surface area contributed by atoms with Gasteiger partial charge in [0.1, 0.15) is 11.5 Å². The van der Waals surface area contributed by atoms with Crippen LogP contribution >= 0.6 is 11.8 Å². The third kappa shape index (κ3) is 6.80. The standard InChI is InChI=1S/C31H32N6O4S/c1-36-28(19-32-29(38)17-21-7-5-4-6-8-21)33-34-31(36)42-20-30(39)37-27(23-11-15-25(41-3)16-12-23)18-26(35-37)22-9-13-24(40-2)14-10-22/h4-16,27H,17-20H2,1-3H3,(H,32,38)/t27-/m0/s1. The van der Waals surface area contributed by atoms with Crippen LogP contribution in [0.5, 0.6) is 11.5 Å². The summed E-state index contributed by atoms with van der Waals surface area (Å²) in [5.74, 6) is 1.98. The quantitative estimate of drug-likeness (QED) is 0.264. The van der Waals surface area contributed by atoms with Gasteiger partial charge in [0.05, 0.1) is 44.7 Å². The maximum Gasteiger partial charge on any atom is 0.253 e. The Kier molecular flexibility index (Phi) is 9.18. The fourth-order valence-electron chi connectivity index (χ4n) is 4.62. The van der Waals surface area contributed by atoms with E-state index in [0.717, 1.165) is 33.9 Å². The Balaban J connectivity index is 1.25. The summed E-state index contributed by atoms with van der Waals surface area (Å²) in [5.41, 5.74) is 3.66. The van der Waals surface area contributed by atoms with Crippen LogP contribution in [0.15, 0.2) is 89.1 Å². The molecule has 42 heavy (non-hydrogen) atoms. The Morgan fingerprint density at radius 1 is 0.929 bits per heavy atom. The van der Waals surface area contributed by atoms with E-state index in [2.05, 4.69) is 15.5 Å². The number of carbonyl (C=O) groups is 2. The third-order valence-electron chi connectivity index (χ3n) is 6.99. The van der Waals surface area contributed by atoms with Gasteiger partial charge in [0.2, 0.25) is 5.91 Å². The number of nitrogens with one attached hydrogen (secondary N) is 1. The van der Waals surface area contributed by atoms with Crippen molar-refractivity contribution in [1.29, 1.82) is 0 Å². The molecule has 1 aliphatic heterocycles. The smallest absolute Gasteiger partial charge is 0.253 e. The first kappa shape index (κ1) is 28.9. The van der Waals surface area contributed by atoms with E-state index < -0.39 is 0 Å². The van der Waals surface area contributed by atoms with E-state index in [9.17, 15) is 9.59 Å². The number of benzene rings is 3. The molecule has 2 heterocycles. The largest absolute Gasteiger partial charge is 0.497 e. The normalized spacial score (nSPS) is 14.4. The highest BCUT2D eigenvalue weighted by molar-refractivity contribution is 7.99. The molecule has 0 bridgehead atoms. The Morgan fingerprint density at radius 2 is 1.60 bits per heavy atom. The minimum absolute atomic E-state index is 0.0993. The number of nitrogens with zero attached hydrogens (tertiary/aromatic N) is 5. The lowest BCUT2D eigenvalue weighted by Gasteiger charge is -2.22. The first-order chi connectivity index (χ1) is 20.4. The third-order valence-corrected chi connectivity index (χ3v) is 8.00. The molecule has 0 saturated heterocycles. The van der Waals surface area contributed by atoms with Gasteiger partial charge in [-0.2, -0.15) is 5.10 Å². The van der Waals surface area contributed by atoms with E-state index in [1.165, 1.54) is 11.8 Å². The van der Waals surface area contributed by atoms with Gasteiger partial charge in [-0.3, -0.25) is 9.59 Å². The fraction of sp³-hybridized carbons (Fsp3) is 0.258. The van der Waals surface area contributed by atoms with Crippen LogP contribution in [-0.2, 0) is 29.6 Å². The molecule has 11 heteroatoms. The first-order valence-corrected chi connectivity index (χ1v) is 14.4. The van der Waals surface area contributed by atoms with Gasteiger partial charge in [-0.25, -0.2) is 5.01 Å². The minimum atomic E-state index is -0.254. The second-order valence-corrected chi connectivity index (χ2v) is 10.6. The van der Waals surface area contributed by atoms with Gasteiger partial charge in [-0.1, -0.05) is 54.2 Å². The SMILES string of the molecule is COc1ccc(C2=NN(C(=O)CSc3nnc(CNC(=O)Cc4ccccc4)n3C)[C@H](c3ccc(OC)cc3)C2)cc1. The average Bonchev–Trinajstić information content (AvgIpc) is 3.63. The molecular formula is C31H32N6O4S. The minimum Gasteiger partial charge on any atom is -0.497 e. The van der Waals surface area contributed by atoms with Gasteiger partial charge in [-0.15, -0.1) is 10.2 Å². The van der Waals surface area contributed by atoms with E-state index in [-0.39, 0.29) is 30.2 Å². The molecule has 4 aromatic rings. The Morgan fingerprint density at radius 3 is 2.26 bits per heavy atom. The predicted molar refractivity (Wildman–Crippen MR) is 160 cm³/mol. The van der Waals surface area contributed by atoms with E-state index in [4.69, 9.17) is 14.6 Å². The maximum absolute atomic E-state index is 13.5. The second kappa shape index (κ2) is 13.3. The van der Waals surface area contributed by atoms with Crippen LogP contribution < -0.4 is 14.8 Å². The summed E-state index contributed by atoms with van der Waals surface area (Å²) in [6.07, 6.45) is 0.866. The number of hydrazone groups is 1. The molecule has 2 amide bonds. The van der Waals surface area contributed by atoms with Gasteiger partial charge < -0.3 is 19.4 Å². The zero-order valence-corrected chi connectivity index (χ0v) is 24.5. The van der Waals surface area contributed by atoms with Crippen molar-refractivity contribution < 1.29 is 19.1 Å². The van der Waals surface area contributed by atoms with Crippen molar-refractivity contribution in [2.45, 2.75) is 30.6 Å². The molecule has 0 saturated carbocycles. The molecule has 0 fully saturated rings. The number of methoxy groups -OCH3 is 2. The Labute approximate surface area is 248 Å². The van der Waals surface area contributed by atoms with Crippen LogP contribution in [0.4, 0.5) is 0 Å². The zero-order valence-electron chi connectivity index (χ0n) is 23.7. The number of hydrogen-bond donors (Lipinski definition) is 1. The van der Waals surface area contributed by atoms with Crippen LogP contribution in [0.3, 0.4) is 0 Å². The van der Waals surface area contributed by atoms with Crippen LogP contribution in [0.25, 0.3) is 0 Å². The monoisotopic (exact) mass is 584 g/mol. The highest BCUT2D eigenvalue weighted by Crippen LogP contribution is 2.34. The molecule has 1 N–H and O–H groups in total. The van der Waals surface area contributed by atoms with Gasteiger partial charge in [0.25, 0.3) is 5.91 Å². The first-order valence-electron chi connectivity index (χ1n) is 13.4. The lowest BCUT2D eigenvalue weighted by molar-refractivity contribution is -0.130. The number of rotatable bonds is 11. The molecule has 0 radical (unpaired) electrons. The van der Waals surface area contributed by atoms with E-state index >= 15 is 0 Å². The fourth-order valence-corrected chi connectivity index (χ4v) is 5.40. The van der Waals surface area contributed by atoms with E-state index in [0.29, 0.717) is 23.8 Å². The molecule has 0 spiro atoms. The average molecular weight is 585 g/mol. The number of aromatic nitrogens is 3. The van der Waals surface area contributed by atoms with Crippen molar-refractivity contribution in [2.24, 2.45) is 12.1 Å². The van der Waals surface area contributed by atoms with Crippen LogP contribution in [0.1, 0.15) is 35.0 Å². The van der Waals surface area contributed by atoms with Gasteiger partial charge in [0.15, 0.2) is 11.0 Å². The number of thioether (sulfide) groups is 1. The molecule has 1 atom stereocenters.